The number of hydrogen-bond acceptors (Lipinski definition) is 2. The van der Waals surface area contributed by atoms with Crippen LogP contribution in [0.4, 0.5) is 0 Å². The van der Waals surface area contributed by atoms with Crippen LogP contribution in [0.3, 0.4) is 0 Å². The molecule has 1 unspecified atom stereocenters. The molecule has 1 aromatic rings. The molecule has 0 saturated carbocycles. The van der Waals surface area contributed by atoms with E-state index in [4.69, 9.17) is 27.9 Å². The lowest BCUT2D eigenvalue weighted by molar-refractivity contribution is 0.336. The molecule has 0 saturated heterocycles. The predicted octanol–water partition coefficient (Wildman–Crippen LogP) is 5.48. The molecule has 0 heterocycles. The fourth-order valence-electron chi connectivity index (χ4n) is 2.56. The highest BCUT2D eigenvalue weighted by Gasteiger charge is 2.23. The zero-order valence-corrected chi connectivity index (χ0v) is 14.3. The van der Waals surface area contributed by atoms with Gasteiger partial charge in [-0.1, -0.05) is 56.8 Å². The summed E-state index contributed by atoms with van der Waals surface area (Å²) in [6.45, 7) is 9.95. The SMILES string of the molecule is CCNC(c1cc(Cl)c(OCC)cc1Cl)C(CC)CC. The maximum absolute atomic E-state index is 6.45. The molecule has 4 heteroatoms. The van der Waals surface area contributed by atoms with Crippen LogP contribution in [0.1, 0.15) is 52.1 Å². The number of rotatable bonds is 8. The van der Waals surface area contributed by atoms with Crippen molar-refractivity contribution in [1.82, 2.24) is 5.32 Å². The normalized spacial score (nSPS) is 12.8. The Hall–Kier alpha value is -0.440. The largest absolute Gasteiger partial charge is 0.492 e. The summed E-state index contributed by atoms with van der Waals surface area (Å²) in [4.78, 5) is 0. The highest BCUT2D eigenvalue weighted by Crippen LogP contribution is 2.38. The third-order valence-electron chi connectivity index (χ3n) is 3.63. The van der Waals surface area contributed by atoms with Crippen molar-refractivity contribution < 1.29 is 4.74 Å². The standard InChI is InChI=1S/C16H25Cl2NO/c1-5-11(6-2)16(19-7-3)12-9-14(18)15(20-8-4)10-13(12)17/h9-11,16,19H,5-8H2,1-4H3. The van der Waals surface area contributed by atoms with Gasteiger partial charge in [0.25, 0.3) is 0 Å². The van der Waals surface area contributed by atoms with E-state index in [1.165, 1.54) is 0 Å². The van der Waals surface area contributed by atoms with E-state index in [0.29, 0.717) is 23.3 Å². The second-order valence-electron chi connectivity index (χ2n) is 4.85. The van der Waals surface area contributed by atoms with Crippen LogP contribution in [0.25, 0.3) is 0 Å². The molecule has 1 rings (SSSR count). The minimum Gasteiger partial charge on any atom is -0.492 e. The molecule has 0 bridgehead atoms. The second-order valence-corrected chi connectivity index (χ2v) is 5.66. The van der Waals surface area contributed by atoms with Crippen LogP contribution in [0.15, 0.2) is 12.1 Å². The minimum absolute atomic E-state index is 0.232. The van der Waals surface area contributed by atoms with Crippen molar-refractivity contribution in [2.24, 2.45) is 5.92 Å². The van der Waals surface area contributed by atoms with Crippen molar-refractivity contribution >= 4 is 23.2 Å². The average Bonchev–Trinajstić information content (AvgIpc) is 2.43. The summed E-state index contributed by atoms with van der Waals surface area (Å²) in [6.07, 6.45) is 2.21. The number of hydrogen-bond donors (Lipinski definition) is 1. The molecule has 20 heavy (non-hydrogen) atoms. The Labute approximate surface area is 132 Å². The van der Waals surface area contributed by atoms with Crippen LogP contribution in [0, 0.1) is 5.92 Å². The Bertz CT molecular complexity index is 419. The zero-order valence-electron chi connectivity index (χ0n) is 12.8. The van der Waals surface area contributed by atoms with Crippen LogP contribution in [-0.2, 0) is 0 Å². The highest BCUT2D eigenvalue weighted by atomic mass is 35.5. The van der Waals surface area contributed by atoms with E-state index in [0.717, 1.165) is 30.0 Å². The van der Waals surface area contributed by atoms with Crippen molar-refractivity contribution in [1.29, 1.82) is 0 Å². The summed E-state index contributed by atoms with van der Waals surface area (Å²) in [7, 11) is 0. The lowest BCUT2D eigenvalue weighted by Gasteiger charge is -2.28. The van der Waals surface area contributed by atoms with E-state index in [2.05, 4.69) is 26.1 Å². The lowest BCUT2D eigenvalue weighted by atomic mass is 9.88. The van der Waals surface area contributed by atoms with E-state index in [1.54, 1.807) is 0 Å². The van der Waals surface area contributed by atoms with E-state index in [-0.39, 0.29) is 6.04 Å². The average molecular weight is 318 g/mol. The predicted molar refractivity (Wildman–Crippen MR) is 88.1 cm³/mol. The van der Waals surface area contributed by atoms with Crippen molar-refractivity contribution in [2.75, 3.05) is 13.2 Å². The fourth-order valence-corrected chi connectivity index (χ4v) is 3.06. The van der Waals surface area contributed by atoms with Crippen molar-refractivity contribution in [2.45, 2.75) is 46.6 Å². The monoisotopic (exact) mass is 317 g/mol. The molecular weight excluding hydrogens is 293 g/mol. The Kier molecular flexibility index (Phi) is 7.71. The molecule has 0 fully saturated rings. The van der Waals surface area contributed by atoms with Crippen LogP contribution in [0.5, 0.6) is 5.75 Å². The fraction of sp³-hybridized carbons (Fsp3) is 0.625. The Morgan fingerprint density at radius 3 is 2.20 bits per heavy atom. The molecule has 1 atom stereocenters. The van der Waals surface area contributed by atoms with Gasteiger partial charge >= 0.3 is 0 Å². The maximum atomic E-state index is 6.45. The number of halogens is 2. The Morgan fingerprint density at radius 1 is 1.05 bits per heavy atom. The molecule has 1 aromatic carbocycles. The van der Waals surface area contributed by atoms with Gasteiger partial charge in [-0.25, -0.2) is 0 Å². The lowest BCUT2D eigenvalue weighted by Crippen LogP contribution is -2.28. The molecular formula is C16H25Cl2NO. The third-order valence-corrected chi connectivity index (χ3v) is 4.25. The van der Waals surface area contributed by atoms with Gasteiger partial charge in [0.05, 0.1) is 11.6 Å². The first-order chi connectivity index (χ1) is 9.58. The summed E-state index contributed by atoms with van der Waals surface area (Å²) in [5, 5.41) is 4.88. The summed E-state index contributed by atoms with van der Waals surface area (Å²) in [5.41, 5.74) is 1.07. The zero-order chi connectivity index (χ0) is 15.1. The maximum Gasteiger partial charge on any atom is 0.139 e. The first-order valence-corrected chi connectivity index (χ1v) is 8.19. The molecule has 2 nitrogen and oxygen atoms in total. The van der Waals surface area contributed by atoms with E-state index < -0.39 is 0 Å². The topological polar surface area (TPSA) is 21.3 Å². The number of benzene rings is 1. The molecule has 0 aliphatic heterocycles. The van der Waals surface area contributed by atoms with Crippen LogP contribution in [0.2, 0.25) is 10.0 Å². The summed E-state index contributed by atoms with van der Waals surface area (Å²) >= 11 is 12.8. The Morgan fingerprint density at radius 2 is 1.70 bits per heavy atom. The van der Waals surface area contributed by atoms with Gasteiger partial charge in [0.1, 0.15) is 5.75 Å². The van der Waals surface area contributed by atoms with E-state index in [9.17, 15) is 0 Å². The molecule has 1 N–H and O–H groups in total. The van der Waals surface area contributed by atoms with Gasteiger partial charge < -0.3 is 10.1 Å². The highest BCUT2D eigenvalue weighted by molar-refractivity contribution is 6.34. The summed E-state index contributed by atoms with van der Waals surface area (Å²) in [5.74, 6) is 1.20. The number of ether oxygens (including phenoxy) is 1. The van der Waals surface area contributed by atoms with Crippen LogP contribution < -0.4 is 10.1 Å². The third kappa shape index (κ3) is 4.28. The van der Waals surface area contributed by atoms with Crippen molar-refractivity contribution in [3.05, 3.63) is 27.7 Å². The molecule has 0 spiro atoms. The van der Waals surface area contributed by atoms with Gasteiger partial charge in [-0.3, -0.25) is 0 Å². The minimum atomic E-state index is 0.232. The van der Waals surface area contributed by atoms with E-state index in [1.807, 2.05) is 19.1 Å². The van der Waals surface area contributed by atoms with Crippen molar-refractivity contribution in [3.8, 4) is 5.75 Å². The van der Waals surface area contributed by atoms with Gasteiger partial charge in [-0.05, 0) is 31.0 Å². The number of nitrogens with one attached hydrogen (secondary N) is 1. The smallest absolute Gasteiger partial charge is 0.139 e. The second kappa shape index (κ2) is 8.76. The molecule has 114 valence electrons. The molecule has 0 amide bonds. The van der Waals surface area contributed by atoms with Gasteiger partial charge in [0, 0.05) is 17.1 Å². The van der Waals surface area contributed by atoms with E-state index >= 15 is 0 Å². The van der Waals surface area contributed by atoms with Crippen molar-refractivity contribution in [3.63, 3.8) is 0 Å². The van der Waals surface area contributed by atoms with Crippen LogP contribution >= 0.6 is 23.2 Å². The van der Waals surface area contributed by atoms with Gasteiger partial charge in [0.15, 0.2) is 0 Å². The van der Waals surface area contributed by atoms with Crippen LogP contribution in [-0.4, -0.2) is 13.2 Å². The molecule has 0 aliphatic carbocycles. The summed E-state index contributed by atoms with van der Waals surface area (Å²) in [6, 6.07) is 4.01. The quantitative estimate of drug-likeness (QED) is 0.685. The molecule has 0 radical (unpaired) electrons. The summed E-state index contributed by atoms with van der Waals surface area (Å²) < 4.78 is 5.49. The molecule has 0 aromatic heterocycles. The van der Waals surface area contributed by atoms with Gasteiger partial charge in [-0.15, -0.1) is 0 Å². The first-order valence-electron chi connectivity index (χ1n) is 7.43. The van der Waals surface area contributed by atoms with Gasteiger partial charge in [-0.2, -0.15) is 0 Å². The Balaban J connectivity index is 3.16. The van der Waals surface area contributed by atoms with Gasteiger partial charge in [0.2, 0.25) is 0 Å². The first kappa shape index (κ1) is 17.6. The molecule has 0 aliphatic rings.